The number of unbranched alkanes of at least 4 members (excludes halogenated alkanes) is 1. The highest BCUT2D eigenvalue weighted by Crippen LogP contribution is 2.27. The molecule has 0 aromatic heterocycles. The van der Waals surface area contributed by atoms with Gasteiger partial charge in [-0.2, -0.15) is 0 Å². The summed E-state index contributed by atoms with van der Waals surface area (Å²) >= 11 is 0. The van der Waals surface area contributed by atoms with E-state index >= 15 is 0 Å². The molecule has 0 saturated carbocycles. The summed E-state index contributed by atoms with van der Waals surface area (Å²) in [5.74, 6) is 0.303. The molecular formula is C12H25NO2. The van der Waals surface area contributed by atoms with Crippen molar-refractivity contribution < 1.29 is 9.84 Å². The summed E-state index contributed by atoms with van der Waals surface area (Å²) in [6, 6.07) is 0. The van der Waals surface area contributed by atoms with Gasteiger partial charge in [0, 0.05) is 19.1 Å². The molecule has 0 aliphatic carbocycles. The third-order valence-corrected chi connectivity index (χ3v) is 3.36. The standard InChI is InChI=1S/C12H25NO2/c1-4-6-9-15-11(5-2)10-7-8-13(3)12(10)14/h10-12,14H,4-9H2,1-3H3. The first-order valence-electron chi connectivity index (χ1n) is 6.20. The van der Waals surface area contributed by atoms with Crippen molar-refractivity contribution in [2.24, 2.45) is 5.92 Å². The highest BCUT2D eigenvalue weighted by molar-refractivity contribution is 4.83. The quantitative estimate of drug-likeness (QED) is 0.686. The molecule has 3 atom stereocenters. The van der Waals surface area contributed by atoms with Crippen LogP contribution >= 0.6 is 0 Å². The molecule has 1 rings (SSSR count). The largest absolute Gasteiger partial charge is 0.378 e. The van der Waals surface area contributed by atoms with Crippen molar-refractivity contribution in [3.05, 3.63) is 0 Å². The molecule has 0 amide bonds. The number of rotatable bonds is 6. The van der Waals surface area contributed by atoms with Crippen molar-refractivity contribution in [2.45, 2.75) is 51.9 Å². The Morgan fingerprint density at radius 2 is 2.20 bits per heavy atom. The predicted octanol–water partition coefficient (Wildman–Crippen LogP) is 1.85. The van der Waals surface area contributed by atoms with Gasteiger partial charge < -0.3 is 9.84 Å². The van der Waals surface area contributed by atoms with Gasteiger partial charge in [0.2, 0.25) is 0 Å². The van der Waals surface area contributed by atoms with Gasteiger partial charge in [-0.1, -0.05) is 20.3 Å². The second-order valence-electron chi connectivity index (χ2n) is 4.52. The number of likely N-dealkylation sites (tertiary alicyclic amines) is 1. The highest BCUT2D eigenvalue weighted by Gasteiger charge is 2.35. The lowest BCUT2D eigenvalue weighted by Crippen LogP contribution is -2.36. The minimum absolute atomic E-state index is 0.233. The Kier molecular flexibility index (Phi) is 5.58. The Labute approximate surface area is 93.4 Å². The molecule has 0 aromatic rings. The molecule has 0 radical (unpaired) electrons. The fourth-order valence-corrected chi connectivity index (χ4v) is 2.26. The van der Waals surface area contributed by atoms with Crippen molar-refractivity contribution in [1.82, 2.24) is 4.90 Å². The molecule has 1 fully saturated rings. The molecule has 1 saturated heterocycles. The van der Waals surface area contributed by atoms with E-state index in [-0.39, 0.29) is 12.3 Å². The van der Waals surface area contributed by atoms with Gasteiger partial charge in [0.1, 0.15) is 6.23 Å². The third kappa shape index (κ3) is 3.44. The topological polar surface area (TPSA) is 32.7 Å². The summed E-state index contributed by atoms with van der Waals surface area (Å²) in [4.78, 5) is 2.01. The van der Waals surface area contributed by atoms with E-state index in [4.69, 9.17) is 4.74 Å². The Morgan fingerprint density at radius 1 is 1.47 bits per heavy atom. The number of hydrogen-bond acceptors (Lipinski definition) is 3. The number of aliphatic hydroxyl groups is 1. The fraction of sp³-hybridized carbons (Fsp3) is 1.00. The Bertz CT molecular complexity index is 175. The minimum Gasteiger partial charge on any atom is -0.378 e. The lowest BCUT2D eigenvalue weighted by atomic mass is 9.98. The maximum Gasteiger partial charge on any atom is 0.112 e. The van der Waals surface area contributed by atoms with E-state index in [0.29, 0.717) is 5.92 Å². The van der Waals surface area contributed by atoms with Crippen molar-refractivity contribution in [3.8, 4) is 0 Å². The van der Waals surface area contributed by atoms with Gasteiger partial charge in [0.25, 0.3) is 0 Å². The molecule has 0 aromatic carbocycles. The number of hydrogen-bond donors (Lipinski definition) is 1. The van der Waals surface area contributed by atoms with Crippen LogP contribution < -0.4 is 0 Å². The molecule has 0 spiro atoms. The first-order valence-corrected chi connectivity index (χ1v) is 6.20. The first kappa shape index (κ1) is 12.9. The molecule has 1 heterocycles. The van der Waals surface area contributed by atoms with Gasteiger partial charge in [-0.05, 0) is 26.3 Å². The second-order valence-corrected chi connectivity index (χ2v) is 4.52. The van der Waals surface area contributed by atoms with E-state index in [9.17, 15) is 5.11 Å². The van der Waals surface area contributed by atoms with E-state index in [1.807, 2.05) is 11.9 Å². The molecular weight excluding hydrogens is 190 g/mol. The zero-order valence-electron chi connectivity index (χ0n) is 10.3. The lowest BCUT2D eigenvalue weighted by Gasteiger charge is -2.26. The van der Waals surface area contributed by atoms with Crippen LogP contribution in [-0.2, 0) is 4.74 Å². The molecule has 1 N–H and O–H groups in total. The normalized spacial score (nSPS) is 29.6. The molecule has 3 heteroatoms. The van der Waals surface area contributed by atoms with Crippen LogP contribution in [0.25, 0.3) is 0 Å². The Hall–Kier alpha value is -0.120. The van der Waals surface area contributed by atoms with Crippen LogP contribution in [0.2, 0.25) is 0 Å². The summed E-state index contributed by atoms with van der Waals surface area (Å²) in [6.45, 7) is 6.13. The second kappa shape index (κ2) is 6.46. The molecule has 0 bridgehead atoms. The highest BCUT2D eigenvalue weighted by atomic mass is 16.5. The maximum atomic E-state index is 9.96. The average molecular weight is 215 g/mol. The van der Waals surface area contributed by atoms with Gasteiger partial charge >= 0.3 is 0 Å². The Morgan fingerprint density at radius 3 is 2.67 bits per heavy atom. The van der Waals surface area contributed by atoms with Gasteiger partial charge in [-0.3, -0.25) is 4.90 Å². The minimum atomic E-state index is -0.309. The molecule has 3 nitrogen and oxygen atoms in total. The van der Waals surface area contributed by atoms with E-state index in [2.05, 4.69) is 13.8 Å². The summed E-state index contributed by atoms with van der Waals surface area (Å²) in [5.41, 5.74) is 0. The number of nitrogens with zero attached hydrogens (tertiary/aromatic N) is 1. The smallest absolute Gasteiger partial charge is 0.112 e. The monoisotopic (exact) mass is 215 g/mol. The summed E-state index contributed by atoms with van der Waals surface area (Å²) < 4.78 is 5.85. The van der Waals surface area contributed by atoms with Crippen molar-refractivity contribution in [3.63, 3.8) is 0 Å². The maximum absolute atomic E-state index is 9.96. The average Bonchev–Trinajstić information content (AvgIpc) is 2.56. The van der Waals surface area contributed by atoms with Crippen LogP contribution in [-0.4, -0.2) is 42.5 Å². The molecule has 90 valence electrons. The van der Waals surface area contributed by atoms with Crippen LogP contribution in [0.5, 0.6) is 0 Å². The predicted molar refractivity (Wildman–Crippen MR) is 61.7 cm³/mol. The van der Waals surface area contributed by atoms with Gasteiger partial charge in [0.05, 0.1) is 6.10 Å². The fourth-order valence-electron chi connectivity index (χ4n) is 2.26. The van der Waals surface area contributed by atoms with Crippen LogP contribution in [0.4, 0.5) is 0 Å². The van der Waals surface area contributed by atoms with Crippen LogP contribution in [0, 0.1) is 5.92 Å². The van der Waals surface area contributed by atoms with Crippen molar-refractivity contribution in [2.75, 3.05) is 20.2 Å². The van der Waals surface area contributed by atoms with E-state index in [1.165, 1.54) is 6.42 Å². The van der Waals surface area contributed by atoms with E-state index < -0.39 is 0 Å². The number of ether oxygens (including phenoxy) is 1. The zero-order chi connectivity index (χ0) is 11.3. The summed E-state index contributed by atoms with van der Waals surface area (Å²) in [5, 5.41) is 9.96. The van der Waals surface area contributed by atoms with Gasteiger partial charge in [-0.25, -0.2) is 0 Å². The molecule has 15 heavy (non-hydrogen) atoms. The van der Waals surface area contributed by atoms with Crippen LogP contribution in [0.1, 0.15) is 39.5 Å². The van der Waals surface area contributed by atoms with Gasteiger partial charge in [-0.15, -0.1) is 0 Å². The van der Waals surface area contributed by atoms with Gasteiger partial charge in [0.15, 0.2) is 0 Å². The number of aliphatic hydroxyl groups excluding tert-OH is 1. The Balaban J connectivity index is 2.37. The molecule has 1 aliphatic heterocycles. The molecule has 3 unspecified atom stereocenters. The van der Waals surface area contributed by atoms with E-state index in [1.54, 1.807) is 0 Å². The zero-order valence-corrected chi connectivity index (χ0v) is 10.3. The third-order valence-electron chi connectivity index (χ3n) is 3.36. The first-order chi connectivity index (χ1) is 7.20. The van der Waals surface area contributed by atoms with Crippen LogP contribution in [0.15, 0.2) is 0 Å². The lowest BCUT2D eigenvalue weighted by molar-refractivity contribution is -0.0588. The van der Waals surface area contributed by atoms with Crippen molar-refractivity contribution in [1.29, 1.82) is 0 Å². The van der Waals surface area contributed by atoms with E-state index in [0.717, 1.165) is 32.4 Å². The summed E-state index contributed by atoms with van der Waals surface area (Å²) in [7, 11) is 1.98. The SMILES string of the molecule is CCCCOC(CC)C1CCN(C)C1O. The molecule has 1 aliphatic rings. The van der Waals surface area contributed by atoms with Crippen molar-refractivity contribution >= 4 is 0 Å². The van der Waals surface area contributed by atoms with Crippen LogP contribution in [0.3, 0.4) is 0 Å². The summed E-state index contributed by atoms with van der Waals surface area (Å²) in [6.07, 6.45) is 4.27.